The van der Waals surface area contributed by atoms with Gasteiger partial charge in [0.25, 0.3) is 0 Å². The molecule has 0 radical (unpaired) electrons. The van der Waals surface area contributed by atoms with Gasteiger partial charge < -0.3 is 9.80 Å². The zero-order valence-electron chi connectivity index (χ0n) is 10.9. The van der Waals surface area contributed by atoms with Crippen molar-refractivity contribution in [3.63, 3.8) is 0 Å². The Bertz CT molecular complexity index is 447. The van der Waals surface area contributed by atoms with E-state index in [1.807, 2.05) is 29.0 Å². The SMILES string of the molecule is CCCCCN1C(=O)CN(C)c2ccc(Br)cc21. The number of likely N-dealkylation sites (N-methyl/N-ethyl adjacent to an activating group) is 1. The first-order chi connectivity index (χ1) is 8.63. The summed E-state index contributed by atoms with van der Waals surface area (Å²) >= 11 is 3.48. The number of anilines is 2. The molecule has 98 valence electrons. The molecule has 1 amide bonds. The van der Waals surface area contributed by atoms with Crippen LogP contribution < -0.4 is 9.80 Å². The van der Waals surface area contributed by atoms with Gasteiger partial charge in [0.15, 0.2) is 0 Å². The number of hydrogen-bond acceptors (Lipinski definition) is 2. The fourth-order valence-electron chi connectivity index (χ4n) is 2.31. The van der Waals surface area contributed by atoms with Crippen molar-refractivity contribution < 1.29 is 4.79 Å². The fourth-order valence-corrected chi connectivity index (χ4v) is 2.66. The van der Waals surface area contributed by atoms with Gasteiger partial charge in [0.1, 0.15) is 0 Å². The number of unbranched alkanes of at least 4 members (excludes halogenated alkanes) is 2. The molecule has 1 aromatic carbocycles. The van der Waals surface area contributed by atoms with E-state index in [9.17, 15) is 4.79 Å². The first kappa shape index (κ1) is 13.4. The number of benzene rings is 1. The summed E-state index contributed by atoms with van der Waals surface area (Å²) in [6.07, 6.45) is 3.41. The molecule has 0 saturated heterocycles. The predicted molar refractivity (Wildman–Crippen MR) is 79.3 cm³/mol. The molecule has 0 unspecified atom stereocenters. The Morgan fingerprint density at radius 2 is 2.06 bits per heavy atom. The number of halogens is 1. The van der Waals surface area contributed by atoms with Crippen molar-refractivity contribution in [3.8, 4) is 0 Å². The van der Waals surface area contributed by atoms with Crippen LogP contribution in [0.3, 0.4) is 0 Å². The van der Waals surface area contributed by atoms with E-state index in [1.165, 1.54) is 12.8 Å². The van der Waals surface area contributed by atoms with Crippen molar-refractivity contribution in [2.75, 3.05) is 29.9 Å². The van der Waals surface area contributed by atoms with Crippen LogP contribution in [0.15, 0.2) is 22.7 Å². The lowest BCUT2D eigenvalue weighted by Crippen LogP contribution is -2.44. The van der Waals surface area contributed by atoms with E-state index >= 15 is 0 Å². The summed E-state index contributed by atoms with van der Waals surface area (Å²) in [5.41, 5.74) is 2.16. The molecule has 0 bridgehead atoms. The lowest BCUT2D eigenvalue weighted by atomic mass is 10.1. The second-order valence-corrected chi connectivity index (χ2v) is 5.66. The van der Waals surface area contributed by atoms with Gasteiger partial charge in [-0.3, -0.25) is 4.79 Å². The zero-order valence-corrected chi connectivity index (χ0v) is 12.5. The van der Waals surface area contributed by atoms with Crippen LogP contribution in [0, 0.1) is 0 Å². The zero-order chi connectivity index (χ0) is 13.1. The van der Waals surface area contributed by atoms with E-state index in [0.717, 1.165) is 28.8 Å². The summed E-state index contributed by atoms with van der Waals surface area (Å²) < 4.78 is 1.02. The lowest BCUT2D eigenvalue weighted by molar-refractivity contribution is -0.117. The second-order valence-electron chi connectivity index (χ2n) is 4.74. The van der Waals surface area contributed by atoms with Crippen LogP contribution in [-0.2, 0) is 4.79 Å². The standard InChI is InChI=1S/C14H19BrN2O/c1-3-4-5-8-17-13-9-11(15)6-7-12(13)16(2)10-14(17)18/h6-7,9H,3-5,8,10H2,1-2H3. The highest BCUT2D eigenvalue weighted by atomic mass is 79.9. The summed E-state index contributed by atoms with van der Waals surface area (Å²) in [4.78, 5) is 16.1. The Hall–Kier alpha value is -1.03. The maximum atomic E-state index is 12.1. The minimum absolute atomic E-state index is 0.194. The second kappa shape index (κ2) is 5.74. The van der Waals surface area contributed by atoms with Crippen molar-refractivity contribution in [3.05, 3.63) is 22.7 Å². The van der Waals surface area contributed by atoms with Crippen molar-refractivity contribution in [2.45, 2.75) is 26.2 Å². The van der Waals surface area contributed by atoms with Crippen LogP contribution in [0.2, 0.25) is 0 Å². The highest BCUT2D eigenvalue weighted by Crippen LogP contribution is 2.35. The number of carbonyl (C=O) groups is 1. The summed E-state index contributed by atoms with van der Waals surface area (Å²) in [5.74, 6) is 0.194. The molecule has 1 heterocycles. The van der Waals surface area contributed by atoms with Gasteiger partial charge in [0.05, 0.1) is 17.9 Å². The van der Waals surface area contributed by atoms with Crippen molar-refractivity contribution in [1.29, 1.82) is 0 Å². The van der Waals surface area contributed by atoms with Gasteiger partial charge in [0, 0.05) is 18.1 Å². The van der Waals surface area contributed by atoms with Gasteiger partial charge in [-0.2, -0.15) is 0 Å². The van der Waals surface area contributed by atoms with Crippen LogP contribution in [-0.4, -0.2) is 26.0 Å². The van der Waals surface area contributed by atoms with Crippen molar-refractivity contribution in [2.24, 2.45) is 0 Å². The van der Waals surface area contributed by atoms with E-state index in [-0.39, 0.29) is 5.91 Å². The van der Waals surface area contributed by atoms with Gasteiger partial charge in [-0.25, -0.2) is 0 Å². The van der Waals surface area contributed by atoms with E-state index in [2.05, 4.69) is 28.9 Å². The van der Waals surface area contributed by atoms with Gasteiger partial charge in [-0.05, 0) is 24.6 Å². The van der Waals surface area contributed by atoms with Gasteiger partial charge in [-0.15, -0.1) is 0 Å². The molecule has 0 fully saturated rings. The van der Waals surface area contributed by atoms with E-state index < -0.39 is 0 Å². The average Bonchev–Trinajstić information content (AvgIpc) is 2.33. The third-order valence-electron chi connectivity index (χ3n) is 3.30. The van der Waals surface area contributed by atoms with Crippen LogP contribution >= 0.6 is 15.9 Å². The lowest BCUT2D eigenvalue weighted by Gasteiger charge is -2.35. The van der Waals surface area contributed by atoms with Gasteiger partial charge >= 0.3 is 0 Å². The molecule has 0 aliphatic carbocycles. The Labute approximate surface area is 117 Å². The molecule has 0 spiro atoms. The maximum absolute atomic E-state index is 12.1. The number of carbonyl (C=O) groups excluding carboxylic acids is 1. The molecule has 0 saturated carbocycles. The molecule has 18 heavy (non-hydrogen) atoms. The Morgan fingerprint density at radius 1 is 1.28 bits per heavy atom. The van der Waals surface area contributed by atoms with Crippen LogP contribution in [0.1, 0.15) is 26.2 Å². The Kier molecular flexibility index (Phi) is 4.27. The third-order valence-corrected chi connectivity index (χ3v) is 3.79. The number of amides is 1. The molecular formula is C14H19BrN2O. The largest absolute Gasteiger partial charge is 0.364 e. The summed E-state index contributed by atoms with van der Waals surface area (Å²) in [6, 6.07) is 6.13. The molecule has 1 aliphatic heterocycles. The summed E-state index contributed by atoms with van der Waals surface area (Å²) in [6.45, 7) is 3.47. The third kappa shape index (κ3) is 2.69. The van der Waals surface area contributed by atoms with Crippen LogP contribution in [0.4, 0.5) is 11.4 Å². The van der Waals surface area contributed by atoms with E-state index in [1.54, 1.807) is 0 Å². The maximum Gasteiger partial charge on any atom is 0.246 e. The minimum Gasteiger partial charge on any atom is -0.364 e. The topological polar surface area (TPSA) is 23.6 Å². The van der Waals surface area contributed by atoms with E-state index in [4.69, 9.17) is 0 Å². The molecule has 0 atom stereocenters. The highest BCUT2D eigenvalue weighted by Gasteiger charge is 2.26. The number of hydrogen-bond donors (Lipinski definition) is 0. The first-order valence-electron chi connectivity index (χ1n) is 6.44. The van der Waals surface area contributed by atoms with Crippen LogP contribution in [0.5, 0.6) is 0 Å². The molecular weight excluding hydrogens is 292 g/mol. The molecule has 3 nitrogen and oxygen atoms in total. The minimum atomic E-state index is 0.194. The highest BCUT2D eigenvalue weighted by molar-refractivity contribution is 9.10. The summed E-state index contributed by atoms with van der Waals surface area (Å²) in [7, 11) is 1.97. The van der Waals surface area contributed by atoms with Crippen molar-refractivity contribution >= 4 is 33.2 Å². The van der Waals surface area contributed by atoms with Gasteiger partial charge in [0.2, 0.25) is 5.91 Å². The molecule has 4 heteroatoms. The monoisotopic (exact) mass is 310 g/mol. The fraction of sp³-hybridized carbons (Fsp3) is 0.500. The Balaban J connectivity index is 2.27. The summed E-state index contributed by atoms with van der Waals surface area (Å²) in [5, 5.41) is 0. The number of nitrogens with zero attached hydrogens (tertiary/aromatic N) is 2. The molecule has 0 N–H and O–H groups in total. The smallest absolute Gasteiger partial charge is 0.246 e. The number of rotatable bonds is 4. The van der Waals surface area contributed by atoms with E-state index in [0.29, 0.717) is 6.54 Å². The number of fused-ring (bicyclic) bond motifs is 1. The van der Waals surface area contributed by atoms with Crippen molar-refractivity contribution in [1.82, 2.24) is 0 Å². The molecule has 1 aliphatic rings. The molecule has 0 aromatic heterocycles. The molecule has 1 aromatic rings. The average molecular weight is 311 g/mol. The Morgan fingerprint density at radius 3 is 2.78 bits per heavy atom. The van der Waals surface area contributed by atoms with Crippen LogP contribution in [0.25, 0.3) is 0 Å². The quantitative estimate of drug-likeness (QED) is 0.796. The normalized spacial score (nSPS) is 14.9. The predicted octanol–water partition coefficient (Wildman–Crippen LogP) is 3.42. The molecule has 2 rings (SSSR count). The first-order valence-corrected chi connectivity index (χ1v) is 7.24. The van der Waals surface area contributed by atoms with Gasteiger partial charge in [-0.1, -0.05) is 35.7 Å².